The molecular formula is C24H25N3O5S. The molecule has 0 saturated heterocycles. The van der Waals surface area contributed by atoms with E-state index in [9.17, 15) is 9.59 Å². The summed E-state index contributed by atoms with van der Waals surface area (Å²) in [7, 11) is 1.60. The number of rotatable bonds is 8. The molecule has 0 bridgehead atoms. The standard InChI is InChI=1S/C24H25N3O5S/c1-4-31-23(29)21-15(2)26-24-27(22(21)16-7-5-8-18(11-16)30-3)17(14-33-24)12-20(28)25-13-19-9-6-10-32-19/h5-11,14,22H,4,12-13H2,1-3H3,(H,25,28)/t22-/m1/s1. The average Bonchev–Trinajstić information content (AvgIpc) is 3.47. The summed E-state index contributed by atoms with van der Waals surface area (Å²) < 4.78 is 16.1. The number of aliphatic imine (C=N–C) groups is 1. The van der Waals surface area contributed by atoms with E-state index in [1.807, 2.05) is 34.6 Å². The van der Waals surface area contributed by atoms with Crippen LogP contribution in [0.4, 0.5) is 0 Å². The van der Waals surface area contributed by atoms with Crippen LogP contribution in [0.25, 0.3) is 0 Å². The third kappa shape index (κ3) is 4.83. The zero-order valence-corrected chi connectivity index (χ0v) is 19.5. The SMILES string of the molecule is CCOC(=O)C1=C(C)N=C2SC=C(CC(=O)NCc3ccco3)N2[C@@H]1c1cccc(OC)c1. The largest absolute Gasteiger partial charge is 0.497 e. The van der Waals surface area contributed by atoms with Gasteiger partial charge in [-0.05, 0) is 49.1 Å². The fourth-order valence-electron chi connectivity index (χ4n) is 3.79. The molecule has 9 heteroatoms. The van der Waals surface area contributed by atoms with Crippen LogP contribution in [0.15, 0.2) is 74.4 Å². The summed E-state index contributed by atoms with van der Waals surface area (Å²) in [6, 6.07) is 10.6. The predicted octanol–water partition coefficient (Wildman–Crippen LogP) is 4.13. The molecule has 2 aliphatic heterocycles. The first-order chi connectivity index (χ1) is 16.0. The lowest BCUT2D eigenvalue weighted by Crippen LogP contribution is -2.38. The van der Waals surface area contributed by atoms with Gasteiger partial charge in [0.1, 0.15) is 11.5 Å². The Balaban J connectivity index is 1.64. The third-order valence-corrected chi connectivity index (χ3v) is 6.18. The second-order valence-corrected chi connectivity index (χ2v) is 8.26. The van der Waals surface area contributed by atoms with Crippen LogP contribution in [-0.4, -0.2) is 35.7 Å². The van der Waals surface area contributed by atoms with Gasteiger partial charge in [0, 0.05) is 5.70 Å². The van der Waals surface area contributed by atoms with E-state index in [4.69, 9.17) is 13.9 Å². The molecule has 1 aromatic heterocycles. The van der Waals surface area contributed by atoms with Gasteiger partial charge < -0.3 is 24.1 Å². The highest BCUT2D eigenvalue weighted by molar-refractivity contribution is 8.16. The van der Waals surface area contributed by atoms with Gasteiger partial charge in [-0.25, -0.2) is 9.79 Å². The monoisotopic (exact) mass is 467 g/mol. The molecule has 0 radical (unpaired) electrons. The molecule has 1 N–H and O–H groups in total. The number of hydrogen-bond donors (Lipinski definition) is 1. The predicted molar refractivity (Wildman–Crippen MR) is 125 cm³/mol. The molecule has 8 nitrogen and oxygen atoms in total. The van der Waals surface area contributed by atoms with Gasteiger partial charge in [0.25, 0.3) is 0 Å². The Hall–Kier alpha value is -3.46. The molecule has 1 aromatic carbocycles. The van der Waals surface area contributed by atoms with Gasteiger partial charge in [-0.3, -0.25) is 4.79 Å². The number of methoxy groups -OCH3 is 1. The van der Waals surface area contributed by atoms with Crippen LogP contribution in [-0.2, 0) is 20.9 Å². The Labute approximate surface area is 196 Å². The molecule has 172 valence electrons. The number of carbonyl (C=O) groups is 2. The third-order valence-electron chi connectivity index (χ3n) is 5.29. The number of carbonyl (C=O) groups excluding carboxylic acids is 2. The highest BCUT2D eigenvalue weighted by atomic mass is 32.2. The molecule has 33 heavy (non-hydrogen) atoms. The van der Waals surface area contributed by atoms with Crippen molar-refractivity contribution in [1.29, 1.82) is 0 Å². The number of fused-ring (bicyclic) bond motifs is 1. The number of esters is 1. The summed E-state index contributed by atoms with van der Waals surface area (Å²) in [5.74, 6) is 0.763. The number of amidine groups is 1. The van der Waals surface area contributed by atoms with E-state index < -0.39 is 12.0 Å². The number of amides is 1. The first-order valence-corrected chi connectivity index (χ1v) is 11.4. The van der Waals surface area contributed by atoms with Gasteiger partial charge in [0.15, 0.2) is 5.17 Å². The smallest absolute Gasteiger partial charge is 0.338 e. The molecule has 4 rings (SSSR count). The van der Waals surface area contributed by atoms with Crippen LogP contribution in [0.5, 0.6) is 5.75 Å². The lowest BCUT2D eigenvalue weighted by molar-refractivity contribution is -0.139. The van der Waals surface area contributed by atoms with E-state index in [2.05, 4.69) is 10.3 Å². The number of allylic oxidation sites excluding steroid dienone is 1. The molecule has 0 saturated carbocycles. The minimum absolute atomic E-state index is 0.127. The zero-order valence-electron chi connectivity index (χ0n) is 18.7. The van der Waals surface area contributed by atoms with E-state index in [0.717, 1.165) is 11.3 Å². The summed E-state index contributed by atoms with van der Waals surface area (Å²) in [6.07, 6.45) is 1.70. The quantitative estimate of drug-likeness (QED) is 0.584. The van der Waals surface area contributed by atoms with Crippen LogP contribution >= 0.6 is 11.8 Å². The highest BCUT2D eigenvalue weighted by Crippen LogP contribution is 2.45. The van der Waals surface area contributed by atoms with Crippen molar-refractivity contribution in [2.45, 2.75) is 32.9 Å². The molecule has 1 atom stereocenters. The van der Waals surface area contributed by atoms with Crippen molar-refractivity contribution in [3.8, 4) is 5.75 Å². The Bertz CT molecular complexity index is 1140. The van der Waals surface area contributed by atoms with E-state index in [1.165, 1.54) is 11.8 Å². The summed E-state index contributed by atoms with van der Waals surface area (Å²) in [5, 5.41) is 5.48. The second-order valence-electron chi connectivity index (χ2n) is 7.42. The number of benzene rings is 1. The van der Waals surface area contributed by atoms with Crippen LogP contribution in [0, 0.1) is 0 Å². The first-order valence-electron chi connectivity index (χ1n) is 10.6. The Morgan fingerprint density at radius 3 is 2.85 bits per heavy atom. The van der Waals surface area contributed by atoms with Gasteiger partial charge in [0.2, 0.25) is 5.91 Å². The molecule has 1 amide bonds. The molecule has 0 aliphatic carbocycles. The van der Waals surface area contributed by atoms with Crippen molar-refractivity contribution in [3.05, 3.63) is 76.4 Å². The van der Waals surface area contributed by atoms with Crippen molar-refractivity contribution >= 4 is 28.8 Å². The first kappa shape index (κ1) is 22.7. The van der Waals surface area contributed by atoms with Crippen molar-refractivity contribution in [2.24, 2.45) is 4.99 Å². The number of hydrogen-bond acceptors (Lipinski definition) is 8. The summed E-state index contributed by atoms with van der Waals surface area (Å²) in [4.78, 5) is 32.3. The van der Waals surface area contributed by atoms with E-state index >= 15 is 0 Å². The molecular weight excluding hydrogens is 442 g/mol. The molecule has 2 aromatic rings. The van der Waals surface area contributed by atoms with Crippen molar-refractivity contribution in [1.82, 2.24) is 10.2 Å². The van der Waals surface area contributed by atoms with Crippen LogP contribution < -0.4 is 10.1 Å². The summed E-state index contributed by atoms with van der Waals surface area (Å²) >= 11 is 1.43. The van der Waals surface area contributed by atoms with Crippen LogP contribution in [0.3, 0.4) is 0 Å². The number of nitrogens with one attached hydrogen (secondary N) is 1. The van der Waals surface area contributed by atoms with E-state index in [0.29, 0.717) is 34.5 Å². The number of ether oxygens (including phenoxy) is 2. The normalized spacial score (nSPS) is 17.3. The average molecular weight is 468 g/mol. The van der Waals surface area contributed by atoms with Gasteiger partial charge in [-0.1, -0.05) is 23.9 Å². The fraction of sp³-hybridized carbons (Fsp3) is 0.292. The maximum Gasteiger partial charge on any atom is 0.338 e. The number of thioether (sulfide) groups is 1. The van der Waals surface area contributed by atoms with Gasteiger partial charge in [0.05, 0.1) is 50.3 Å². The van der Waals surface area contributed by atoms with Crippen molar-refractivity contribution < 1.29 is 23.5 Å². The van der Waals surface area contributed by atoms with Crippen molar-refractivity contribution in [2.75, 3.05) is 13.7 Å². The zero-order chi connectivity index (χ0) is 23.4. The van der Waals surface area contributed by atoms with Gasteiger partial charge in [-0.2, -0.15) is 0 Å². The molecule has 0 spiro atoms. The molecule has 3 heterocycles. The highest BCUT2D eigenvalue weighted by Gasteiger charge is 2.41. The van der Waals surface area contributed by atoms with E-state index in [-0.39, 0.29) is 18.9 Å². The Kier molecular flexibility index (Phi) is 6.88. The van der Waals surface area contributed by atoms with Gasteiger partial charge >= 0.3 is 5.97 Å². The van der Waals surface area contributed by atoms with Crippen LogP contribution in [0.1, 0.15) is 37.6 Å². The lowest BCUT2D eigenvalue weighted by Gasteiger charge is -2.36. The second kappa shape index (κ2) is 9.99. The van der Waals surface area contributed by atoms with Gasteiger partial charge in [-0.15, -0.1) is 0 Å². The Morgan fingerprint density at radius 2 is 2.12 bits per heavy atom. The maximum atomic E-state index is 13.0. The topological polar surface area (TPSA) is 93.4 Å². The minimum Gasteiger partial charge on any atom is -0.497 e. The number of nitrogens with zero attached hydrogens (tertiary/aromatic N) is 2. The minimum atomic E-state index is -0.495. The molecule has 0 unspecified atom stereocenters. The molecule has 2 aliphatic rings. The summed E-state index contributed by atoms with van der Waals surface area (Å²) in [5.41, 5.74) is 2.63. The Morgan fingerprint density at radius 1 is 1.27 bits per heavy atom. The lowest BCUT2D eigenvalue weighted by atomic mass is 9.93. The summed E-state index contributed by atoms with van der Waals surface area (Å²) in [6.45, 7) is 4.13. The van der Waals surface area contributed by atoms with Crippen LogP contribution in [0.2, 0.25) is 0 Å². The maximum absolute atomic E-state index is 13.0. The van der Waals surface area contributed by atoms with E-state index in [1.54, 1.807) is 39.4 Å². The number of furan rings is 1. The molecule has 0 fully saturated rings. The van der Waals surface area contributed by atoms with Crippen molar-refractivity contribution in [3.63, 3.8) is 0 Å². The fourth-order valence-corrected chi connectivity index (χ4v) is 4.76.